The monoisotopic (exact) mass is 294 g/mol. The fourth-order valence-electron chi connectivity index (χ4n) is 2.70. The Morgan fingerprint density at radius 2 is 1.95 bits per heavy atom. The molecule has 7 nitrogen and oxygen atoms in total. The zero-order valence-electron chi connectivity index (χ0n) is 11.2. The van der Waals surface area contributed by atoms with Gasteiger partial charge in [0, 0.05) is 5.52 Å². The molecular formula is C14H18N2O5. The van der Waals surface area contributed by atoms with Crippen LogP contribution in [0, 0.1) is 0 Å². The molecule has 2 heterocycles. The number of hydrogen-bond acceptors (Lipinski definition) is 6. The van der Waals surface area contributed by atoms with E-state index in [9.17, 15) is 20.4 Å². The van der Waals surface area contributed by atoms with Gasteiger partial charge in [-0.05, 0) is 17.5 Å². The Morgan fingerprint density at radius 3 is 2.62 bits per heavy atom. The number of fused-ring (bicyclic) bond motifs is 1. The van der Waals surface area contributed by atoms with Crippen molar-refractivity contribution < 1.29 is 25.2 Å². The largest absolute Gasteiger partial charge is 0.394 e. The second kappa shape index (κ2) is 5.06. The number of benzene rings is 1. The van der Waals surface area contributed by atoms with E-state index in [2.05, 4.69) is 4.98 Å². The van der Waals surface area contributed by atoms with Crippen molar-refractivity contribution in [1.82, 2.24) is 4.98 Å². The zero-order valence-corrected chi connectivity index (χ0v) is 11.2. The number of aliphatic hydroxyl groups excluding tert-OH is 3. The molecule has 1 fully saturated rings. The van der Waals surface area contributed by atoms with Crippen LogP contribution < -0.4 is 5.73 Å². The number of nitrogens with one attached hydrogen (secondary N) is 1. The van der Waals surface area contributed by atoms with E-state index in [1.54, 1.807) is 6.07 Å². The van der Waals surface area contributed by atoms with E-state index in [-0.39, 0.29) is 5.69 Å². The van der Waals surface area contributed by atoms with E-state index >= 15 is 0 Å². The lowest BCUT2D eigenvalue weighted by atomic mass is 9.89. The van der Waals surface area contributed by atoms with Gasteiger partial charge in [0.15, 0.2) is 0 Å². The highest BCUT2D eigenvalue weighted by molar-refractivity contribution is 5.80. The van der Waals surface area contributed by atoms with Gasteiger partial charge in [0.2, 0.25) is 5.79 Å². The molecule has 1 aromatic heterocycles. The Kier molecular flexibility index (Phi) is 3.48. The summed E-state index contributed by atoms with van der Waals surface area (Å²) in [5.74, 6) is -2.02. The molecule has 5 atom stereocenters. The molecule has 1 aromatic carbocycles. The molecule has 0 aliphatic carbocycles. The van der Waals surface area contributed by atoms with Crippen LogP contribution in [0.15, 0.2) is 30.3 Å². The highest BCUT2D eigenvalue weighted by atomic mass is 16.6. The van der Waals surface area contributed by atoms with Crippen molar-refractivity contribution in [3.8, 4) is 0 Å². The topological polar surface area (TPSA) is 132 Å². The Balaban J connectivity index is 2.05. The molecule has 7 heteroatoms. The maximum absolute atomic E-state index is 10.7. The molecule has 3 rings (SSSR count). The van der Waals surface area contributed by atoms with Crippen molar-refractivity contribution in [2.45, 2.75) is 30.1 Å². The minimum Gasteiger partial charge on any atom is -0.394 e. The summed E-state index contributed by atoms with van der Waals surface area (Å²) in [6, 6.07) is 7.76. The Bertz CT molecular complexity index is 610. The number of aliphatic hydroxyl groups is 4. The van der Waals surface area contributed by atoms with Gasteiger partial charge < -0.3 is 35.9 Å². The first-order valence-corrected chi connectivity index (χ1v) is 6.68. The van der Waals surface area contributed by atoms with Gasteiger partial charge in [-0.25, -0.2) is 0 Å². The second-order valence-corrected chi connectivity index (χ2v) is 5.31. The van der Waals surface area contributed by atoms with Crippen LogP contribution in [0.4, 0.5) is 0 Å². The van der Waals surface area contributed by atoms with Gasteiger partial charge in [0.05, 0.1) is 18.3 Å². The first-order chi connectivity index (χ1) is 9.97. The molecule has 21 heavy (non-hydrogen) atoms. The Morgan fingerprint density at radius 1 is 1.24 bits per heavy atom. The van der Waals surface area contributed by atoms with Crippen LogP contribution in [-0.2, 0) is 10.5 Å². The van der Waals surface area contributed by atoms with Gasteiger partial charge in [0.1, 0.15) is 18.3 Å². The number of hydrogen-bond donors (Lipinski definition) is 6. The van der Waals surface area contributed by atoms with Gasteiger partial charge >= 0.3 is 0 Å². The first kappa shape index (κ1) is 14.5. The summed E-state index contributed by atoms with van der Waals surface area (Å²) in [5.41, 5.74) is 6.87. The molecular weight excluding hydrogens is 276 g/mol. The summed E-state index contributed by atoms with van der Waals surface area (Å²) in [6.45, 7) is -0.548. The Labute approximate surface area is 120 Å². The lowest BCUT2D eigenvalue weighted by Gasteiger charge is -2.45. The van der Waals surface area contributed by atoms with Crippen LogP contribution in [0.2, 0.25) is 0 Å². The van der Waals surface area contributed by atoms with Crippen molar-refractivity contribution in [2.75, 3.05) is 6.61 Å². The van der Waals surface area contributed by atoms with Crippen molar-refractivity contribution in [2.24, 2.45) is 5.73 Å². The minimum absolute atomic E-state index is 0.264. The summed E-state index contributed by atoms with van der Waals surface area (Å²) in [4.78, 5) is 2.99. The number of aromatic nitrogens is 1. The normalized spacial score (nSPS) is 37.0. The van der Waals surface area contributed by atoms with Gasteiger partial charge in [-0.2, -0.15) is 0 Å². The third-order valence-corrected chi connectivity index (χ3v) is 3.98. The zero-order chi connectivity index (χ0) is 15.2. The van der Waals surface area contributed by atoms with E-state index in [1.165, 1.54) is 0 Å². The lowest BCUT2D eigenvalue weighted by molar-refractivity contribution is -0.324. The average molecular weight is 294 g/mol. The molecule has 2 aromatic rings. The van der Waals surface area contributed by atoms with Gasteiger partial charge in [-0.1, -0.05) is 18.2 Å². The number of aromatic amines is 1. The van der Waals surface area contributed by atoms with E-state index < -0.39 is 36.7 Å². The number of H-pyrrole nitrogens is 1. The van der Waals surface area contributed by atoms with E-state index in [0.717, 1.165) is 10.9 Å². The fourth-order valence-corrected chi connectivity index (χ4v) is 2.70. The summed E-state index contributed by atoms with van der Waals surface area (Å²) >= 11 is 0. The van der Waals surface area contributed by atoms with E-state index in [1.807, 2.05) is 24.3 Å². The third-order valence-electron chi connectivity index (χ3n) is 3.98. The maximum Gasteiger partial charge on any atom is 0.226 e. The van der Waals surface area contributed by atoms with E-state index in [4.69, 9.17) is 10.5 Å². The van der Waals surface area contributed by atoms with Crippen molar-refractivity contribution in [3.05, 3.63) is 36.0 Å². The van der Waals surface area contributed by atoms with Crippen LogP contribution in [0.5, 0.6) is 0 Å². The van der Waals surface area contributed by atoms with Gasteiger partial charge in [0.25, 0.3) is 0 Å². The summed E-state index contributed by atoms with van der Waals surface area (Å²) < 4.78 is 5.37. The van der Waals surface area contributed by atoms with Crippen molar-refractivity contribution >= 4 is 10.9 Å². The van der Waals surface area contributed by atoms with Crippen LogP contribution >= 0.6 is 0 Å². The van der Waals surface area contributed by atoms with E-state index in [0.29, 0.717) is 0 Å². The maximum atomic E-state index is 10.7. The first-order valence-electron chi connectivity index (χ1n) is 6.68. The number of rotatable bonds is 2. The van der Waals surface area contributed by atoms with Crippen LogP contribution in [-0.4, -0.2) is 56.4 Å². The molecule has 0 spiro atoms. The van der Waals surface area contributed by atoms with Gasteiger partial charge in [-0.15, -0.1) is 0 Å². The fraction of sp³-hybridized carbons (Fsp3) is 0.429. The molecule has 0 unspecified atom stereocenters. The SMILES string of the molecule is N[C@@H]1[C@@H](O)[C@@H](O)[C@@H](CO)O[C@]1(O)c1cc2ccccc2[nH]1. The van der Waals surface area contributed by atoms with Gasteiger partial charge in [-0.3, -0.25) is 0 Å². The number of nitrogens with two attached hydrogens (primary N) is 1. The molecule has 1 aliphatic rings. The summed E-state index contributed by atoms with van der Waals surface area (Å²) in [5, 5.41) is 40.6. The number of para-hydroxylation sites is 1. The standard InChI is InChI=1S/C14H18N2O5/c15-13-12(19)11(18)9(6-17)21-14(13,20)10-5-7-3-1-2-4-8(7)16-10/h1-5,9,11-13,16-20H,6,15H2/t9-,11+,12+,13-,14-/m1/s1. The highest BCUT2D eigenvalue weighted by Crippen LogP contribution is 2.36. The predicted molar refractivity (Wildman–Crippen MR) is 74.1 cm³/mol. The average Bonchev–Trinajstić information content (AvgIpc) is 2.93. The molecule has 1 saturated heterocycles. The quantitative estimate of drug-likeness (QED) is 0.410. The van der Waals surface area contributed by atoms with Crippen LogP contribution in [0.25, 0.3) is 10.9 Å². The number of ether oxygens (including phenoxy) is 1. The third kappa shape index (κ3) is 2.15. The van der Waals surface area contributed by atoms with Crippen LogP contribution in [0.1, 0.15) is 5.69 Å². The second-order valence-electron chi connectivity index (χ2n) is 5.31. The predicted octanol–water partition coefficient (Wildman–Crippen LogP) is -1.25. The lowest BCUT2D eigenvalue weighted by Crippen LogP contribution is -2.66. The van der Waals surface area contributed by atoms with Crippen molar-refractivity contribution in [1.29, 1.82) is 0 Å². The summed E-state index contributed by atoms with van der Waals surface area (Å²) in [7, 11) is 0. The molecule has 114 valence electrons. The molecule has 1 aliphatic heterocycles. The molecule has 0 saturated carbocycles. The Hall–Kier alpha value is -1.48. The molecule has 0 radical (unpaired) electrons. The van der Waals surface area contributed by atoms with Crippen LogP contribution in [0.3, 0.4) is 0 Å². The molecule has 0 amide bonds. The van der Waals surface area contributed by atoms with Crippen molar-refractivity contribution in [3.63, 3.8) is 0 Å². The molecule has 7 N–H and O–H groups in total. The summed E-state index contributed by atoms with van der Waals surface area (Å²) in [6.07, 6.45) is -3.92. The highest BCUT2D eigenvalue weighted by Gasteiger charge is 2.53. The molecule has 0 bridgehead atoms. The minimum atomic E-state index is -2.02. The smallest absolute Gasteiger partial charge is 0.226 e.